The van der Waals surface area contributed by atoms with Gasteiger partial charge in [-0.1, -0.05) is 24.3 Å². The average molecular weight is 395 g/mol. The lowest BCUT2D eigenvalue weighted by Crippen LogP contribution is -2.56. The van der Waals surface area contributed by atoms with Crippen LogP contribution >= 0.6 is 0 Å². The number of halogens is 1. The van der Waals surface area contributed by atoms with Crippen LogP contribution in [0.15, 0.2) is 59.6 Å². The third-order valence-corrected chi connectivity index (χ3v) is 5.00. The molecule has 2 aliphatic heterocycles. The van der Waals surface area contributed by atoms with Crippen molar-refractivity contribution in [1.82, 2.24) is 10.2 Å². The zero-order valence-electron chi connectivity index (χ0n) is 15.8. The minimum Gasteiger partial charge on any atom is -0.368 e. The summed E-state index contributed by atoms with van der Waals surface area (Å²) in [4.78, 5) is 33.4. The second-order valence-electron chi connectivity index (χ2n) is 7.03. The van der Waals surface area contributed by atoms with Gasteiger partial charge in [-0.25, -0.2) is 9.38 Å². The molecule has 1 atom stereocenters. The van der Waals surface area contributed by atoms with E-state index >= 15 is 0 Å². The maximum atomic E-state index is 13.3. The van der Waals surface area contributed by atoms with Crippen LogP contribution in [0.2, 0.25) is 0 Å². The molecule has 2 heterocycles. The quantitative estimate of drug-likeness (QED) is 0.831. The van der Waals surface area contributed by atoms with Gasteiger partial charge >= 0.3 is 0 Å². The first-order valence-corrected chi connectivity index (χ1v) is 9.57. The molecule has 8 heteroatoms. The summed E-state index contributed by atoms with van der Waals surface area (Å²) in [6, 6.07) is 14.9. The standard InChI is InChI=1S/C21H22FN5O2/c22-15-5-4-6-16(13-15)23-20(29)18-14-19(28)25-21(24-18)27-11-9-26(10-12-27)17-7-2-1-3-8-17/h1-8,13,18H,9-12,14H2,(H,23,29)(H,24,25,28). The van der Waals surface area contributed by atoms with Gasteiger partial charge in [-0.05, 0) is 30.3 Å². The number of benzene rings is 2. The number of nitrogens with one attached hydrogen (secondary N) is 2. The van der Waals surface area contributed by atoms with E-state index in [0.29, 0.717) is 24.7 Å². The van der Waals surface area contributed by atoms with Crippen molar-refractivity contribution >= 4 is 29.1 Å². The Kier molecular flexibility index (Phi) is 5.41. The van der Waals surface area contributed by atoms with Crippen LogP contribution in [0.1, 0.15) is 6.42 Å². The van der Waals surface area contributed by atoms with E-state index in [1.807, 2.05) is 23.1 Å². The van der Waals surface area contributed by atoms with Crippen LogP contribution in [0.25, 0.3) is 0 Å². The fourth-order valence-electron chi connectivity index (χ4n) is 3.50. The molecular weight excluding hydrogens is 373 g/mol. The van der Waals surface area contributed by atoms with Gasteiger partial charge in [-0.3, -0.25) is 14.9 Å². The Morgan fingerprint density at radius 2 is 1.76 bits per heavy atom. The van der Waals surface area contributed by atoms with E-state index in [1.165, 1.54) is 18.2 Å². The number of hydrogen-bond acceptors (Lipinski definition) is 5. The summed E-state index contributed by atoms with van der Waals surface area (Å²) in [6.07, 6.45) is -0.0331. The van der Waals surface area contributed by atoms with Crippen molar-refractivity contribution in [2.45, 2.75) is 12.5 Å². The fraction of sp³-hybridized carbons (Fsp3) is 0.286. The Morgan fingerprint density at radius 1 is 1.03 bits per heavy atom. The fourth-order valence-corrected chi connectivity index (χ4v) is 3.50. The van der Waals surface area contributed by atoms with Crippen LogP contribution in [0.5, 0.6) is 0 Å². The molecule has 1 saturated heterocycles. The molecule has 7 nitrogen and oxygen atoms in total. The Labute approximate surface area is 168 Å². The molecule has 0 radical (unpaired) electrons. The number of carbonyl (C=O) groups is 2. The maximum absolute atomic E-state index is 13.3. The number of carbonyl (C=O) groups excluding carboxylic acids is 2. The van der Waals surface area contributed by atoms with Gasteiger partial charge in [-0.15, -0.1) is 0 Å². The van der Waals surface area contributed by atoms with E-state index < -0.39 is 17.8 Å². The lowest BCUT2D eigenvalue weighted by molar-refractivity contribution is -0.125. The maximum Gasteiger partial charge on any atom is 0.249 e. The third-order valence-electron chi connectivity index (χ3n) is 5.00. The Bertz CT molecular complexity index is 926. The van der Waals surface area contributed by atoms with Crippen LogP contribution in [0, 0.1) is 5.82 Å². The molecule has 1 fully saturated rings. The number of piperazine rings is 1. The number of para-hydroxylation sites is 1. The molecule has 150 valence electrons. The first-order valence-electron chi connectivity index (χ1n) is 9.57. The number of aliphatic imine (C=N–C) groups is 1. The molecule has 2 aromatic carbocycles. The number of nitrogens with zero attached hydrogens (tertiary/aromatic N) is 3. The molecule has 0 saturated carbocycles. The molecule has 0 aliphatic carbocycles. The van der Waals surface area contributed by atoms with Crippen LogP contribution < -0.4 is 15.5 Å². The van der Waals surface area contributed by atoms with E-state index in [2.05, 4.69) is 32.7 Å². The van der Waals surface area contributed by atoms with Crippen molar-refractivity contribution < 1.29 is 14.0 Å². The minimum absolute atomic E-state index is 0.0331. The van der Waals surface area contributed by atoms with Crippen LogP contribution in [-0.4, -0.2) is 54.9 Å². The largest absolute Gasteiger partial charge is 0.368 e. The van der Waals surface area contributed by atoms with Crippen LogP contribution in [0.3, 0.4) is 0 Å². The Morgan fingerprint density at radius 3 is 2.48 bits per heavy atom. The van der Waals surface area contributed by atoms with E-state index in [9.17, 15) is 14.0 Å². The zero-order chi connectivity index (χ0) is 20.2. The van der Waals surface area contributed by atoms with Crippen molar-refractivity contribution in [2.75, 3.05) is 36.4 Å². The molecule has 0 spiro atoms. The summed E-state index contributed by atoms with van der Waals surface area (Å²) in [5.74, 6) is -0.691. The highest BCUT2D eigenvalue weighted by Crippen LogP contribution is 2.17. The van der Waals surface area contributed by atoms with Gasteiger partial charge in [0.2, 0.25) is 17.8 Å². The summed E-state index contributed by atoms with van der Waals surface area (Å²) in [5.41, 5.74) is 1.50. The highest BCUT2D eigenvalue weighted by molar-refractivity contribution is 6.06. The van der Waals surface area contributed by atoms with Crippen molar-refractivity contribution in [3.8, 4) is 0 Å². The molecule has 4 rings (SSSR count). The smallest absolute Gasteiger partial charge is 0.249 e. The Hall–Kier alpha value is -3.42. The minimum atomic E-state index is -0.839. The number of rotatable bonds is 3. The van der Waals surface area contributed by atoms with Gasteiger partial charge in [0, 0.05) is 37.6 Å². The molecule has 2 aliphatic rings. The first-order chi connectivity index (χ1) is 14.1. The summed E-state index contributed by atoms with van der Waals surface area (Å²) >= 11 is 0. The summed E-state index contributed by atoms with van der Waals surface area (Å²) < 4.78 is 13.3. The van der Waals surface area contributed by atoms with Gasteiger partial charge < -0.3 is 15.1 Å². The number of amides is 2. The molecule has 0 bridgehead atoms. The number of hydrogen-bond donors (Lipinski definition) is 2. The summed E-state index contributed by atoms with van der Waals surface area (Å²) in [6.45, 7) is 2.95. The highest BCUT2D eigenvalue weighted by Gasteiger charge is 2.30. The lowest BCUT2D eigenvalue weighted by Gasteiger charge is -2.38. The second-order valence-corrected chi connectivity index (χ2v) is 7.03. The summed E-state index contributed by atoms with van der Waals surface area (Å²) in [7, 11) is 0. The molecule has 1 unspecified atom stereocenters. The van der Waals surface area contributed by atoms with Gasteiger partial charge in [-0.2, -0.15) is 0 Å². The molecule has 2 amide bonds. The lowest BCUT2D eigenvalue weighted by atomic mass is 10.1. The number of guanidine groups is 1. The van der Waals surface area contributed by atoms with Gasteiger partial charge in [0.25, 0.3) is 0 Å². The van der Waals surface area contributed by atoms with E-state index in [1.54, 1.807) is 6.07 Å². The van der Waals surface area contributed by atoms with Crippen LogP contribution in [-0.2, 0) is 9.59 Å². The first kappa shape index (κ1) is 18.9. The molecule has 2 aromatic rings. The molecule has 2 N–H and O–H groups in total. The van der Waals surface area contributed by atoms with Gasteiger partial charge in [0.05, 0.1) is 6.42 Å². The van der Waals surface area contributed by atoms with Gasteiger partial charge in [0.15, 0.2) is 0 Å². The normalized spacial score (nSPS) is 19.4. The van der Waals surface area contributed by atoms with E-state index in [-0.39, 0.29) is 12.3 Å². The van der Waals surface area contributed by atoms with E-state index in [0.717, 1.165) is 18.8 Å². The number of anilines is 2. The van der Waals surface area contributed by atoms with Gasteiger partial charge in [0.1, 0.15) is 11.9 Å². The zero-order valence-corrected chi connectivity index (χ0v) is 15.8. The molecule has 0 aromatic heterocycles. The van der Waals surface area contributed by atoms with Crippen molar-refractivity contribution in [1.29, 1.82) is 0 Å². The average Bonchev–Trinajstić information content (AvgIpc) is 2.74. The monoisotopic (exact) mass is 395 g/mol. The predicted octanol–water partition coefficient (Wildman–Crippen LogP) is 1.83. The topological polar surface area (TPSA) is 77.0 Å². The third kappa shape index (κ3) is 4.53. The molecular formula is C21H22FN5O2. The van der Waals surface area contributed by atoms with Crippen molar-refractivity contribution in [3.63, 3.8) is 0 Å². The molecule has 29 heavy (non-hydrogen) atoms. The highest BCUT2D eigenvalue weighted by atomic mass is 19.1. The van der Waals surface area contributed by atoms with E-state index in [4.69, 9.17) is 0 Å². The SMILES string of the molecule is O=C1CC(C(=O)Nc2cccc(F)c2)N=C(N2CCN(c3ccccc3)CC2)N1. The second kappa shape index (κ2) is 8.30. The Balaban J connectivity index is 1.41. The van der Waals surface area contributed by atoms with Crippen molar-refractivity contribution in [2.24, 2.45) is 4.99 Å². The van der Waals surface area contributed by atoms with Crippen molar-refractivity contribution in [3.05, 3.63) is 60.4 Å². The van der Waals surface area contributed by atoms with Crippen LogP contribution in [0.4, 0.5) is 15.8 Å². The summed E-state index contributed by atoms with van der Waals surface area (Å²) in [5, 5.41) is 5.41. The predicted molar refractivity (Wildman–Crippen MR) is 109 cm³/mol.